The van der Waals surface area contributed by atoms with Gasteiger partial charge >= 0.3 is 0 Å². The molecule has 0 fully saturated rings. The molecule has 62 valence electrons. The third kappa shape index (κ3) is 2.39. The smallest absolute Gasteiger partial charge is 0.0220 e. The molecular weight excluding hydrogens is 136 g/mol. The van der Waals surface area contributed by atoms with E-state index in [2.05, 4.69) is 42.2 Å². The standard InChI is InChI=1S/C9H16N2/c1-3-10-7-9-5-6-11(4-2)8-9/h5-6,8,10H,3-4,7H2,1-2H3. The van der Waals surface area contributed by atoms with Crippen LogP contribution in [0.25, 0.3) is 0 Å². The van der Waals surface area contributed by atoms with Crippen molar-refractivity contribution >= 4 is 0 Å². The highest BCUT2D eigenvalue weighted by atomic mass is 14.9. The van der Waals surface area contributed by atoms with Crippen molar-refractivity contribution in [2.24, 2.45) is 0 Å². The van der Waals surface area contributed by atoms with Crippen molar-refractivity contribution in [2.45, 2.75) is 26.9 Å². The maximum absolute atomic E-state index is 3.29. The van der Waals surface area contributed by atoms with Crippen LogP contribution in [0.1, 0.15) is 19.4 Å². The number of hydrogen-bond donors (Lipinski definition) is 1. The maximum Gasteiger partial charge on any atom is 0.0220 e. The van der Waals surface area contributed by atoms with Crippen LogP contribution in [-0.2, 0) is 13.1 Å². The monoisotopic (exact) mass is 152 g/mol. The van der Waals surface area contributed by atoms with E-state index in [1.807, 2.05) is 0 Å². The Morgan fingerprint density at radius 2 is 2.27 bits per heavy atom. The first kappa shape index (κ1) is 8.34. The highest BCUT2D eigenvalue weighted by Crippen LogP contribution is 1.99. The largest absolute Gasteiger partial charge is 0.354 e. The zero-order chi connectivity index (χ0) is 8.10. The summed E-state index contributed by atoms with van der Waals surface area (Å²) in [7, 11) is 0. The highest BCUT2D eigenvalue weighted by Gasteiger charge is 1.92. The Balaban J connectivity index is 2.44. The molecule has 11 heavy (non-hydrogen) atoms. The summed E-state index contributed by atoms with van der Waals surface area (Å²) in [5, 5.41) is 3.29. The molecule has 2 nitrogen and oxygen atoms in total. The van der Waals surface area contributed by atoms with Gasteiger partial charge in [0.25, 0.3) is 0 Å². The van der Waals surface area contributed by atoms with Crippen molar-refractivity contribution in [2.75, 3.05) is 6.54 Å². The summed E-state index contributed by atoms with van der Waals surface area (Å²) in [6, 6.07) is 2.16. The summed E-state index contributed by atoms with van der Waals surface area (Å²) in [6.07, 6.45) is 4.30. The van der Waals surface area contributed by atoms with E-state index in [-0.39, 0.29) is 0 Å². The normalized spacial score (nSPS) is 10.4. The molecule has 0 amide bonds. The number of rotatable bonds is 4. The molecule has 1 rings (SSSR count). The first-order valence-electron chi connectivity index (χ1n) is 4.22. The molecule has 0 saturated heterocycles. The van der Waals surface area contributed by atoms with Gasteiger partial charge in [0, 0.05) is 25.5 Å². The molecule has 0 aromatic carbocycles. The van der Waals surface area contributed by atoms with Gasteiger partial charge in [-0.15, -0.1) is 0 Å². The summed E-state index contributed by atoms with van der Waals surface area (Å²) in [6.45, 7) is 7.36. The lowest BCUT2D eigenvalue weighted by Gasteiger charge is -1.97. The quantitative estimate of drug-likeness (QED) is 0.693. The van der Waals surface area contributed by atoms with E-state index >= 15 is 0 Å². The van der Waals surface area contributed by atoms with Gasteiger partial charge in [0.1, 0.15) is 0 Å². The molecule has 0 aliphatic carbocycles. The number of aromatic nitrogens is 1. The fourth-order valence-corrected chi connectivity index (χ4v) is 1.06. The zero-order valence-corrected chi connectivity index (χ0v) is 7.30. The Labute approximate surface area is 68.2 Å². The second-order valence-electron chi connectivity index (χ2n) is 2.63. The van der Waals surface area contributed by atoms with Crippen molar-refractivity contribution < 1.29 is 0 Å². The van der Waals surface area contributed by atoms with Gasteiger partial charge in [-0.2, -0.15) is 0 Å². The van der Waals surface area contributed by atoms with Crippen LogP contribution in [0.15, 0.2) is 18.5 Å². The van der Waals surface area contributed by atoms with E-state index < -0.39 is 0 Å². The number of aryl methyl sites for hydroxylation is 1. The molecule has 0 spiro atoms. The van der Waals surface area contributed by atoms with E-state index in [4.69, 9.17) is 0 Å². The van der Waals surface area contributed by atoms with Gasteiger partial charge in [0.05, 0.1) is 0 Å². The van der Waals surface area contributed by atoms with Crippen molar-refractivity contribution in [1.29, 1.82) is 0 Å². The van der Waals surface area contributed by atoms with E-state index in [1.165, 1.54) is 5.56 Å². The first-order chi connectivity index (χ1) is 5.36. The predicted octanol–water partition coefficient (Wildman–Crippen LogP) is 1.62. The fourth-order valence-electron chi connectivity index (χ4n) is 1.06. The van der Waals surface area contributed by atoms with Crippen LogP contribution in [-0.4, -0.2) is 11.1 Å². The second-order valence-corrected chi connectivity index (χ2v) is 2.63. The number of nitrogens with one attached hydrogen (secondary N) is 1. The minimum Gasteiger partial charge on any atom is -0.354 e. The molecule has 0 saturated carbocycles. The fraction of sp³-hybridized carbons (Fsp3) is 0.556. The lowest BCUT2D eigenvalue weighted by atomic mass is 10.3. The first-order valence-corrected chi connectivity index (χ1v) is 4.22. The van der Waals surface area contributed by atoms with Crippen LogP contribution < -0.4 is 5.32 Å². The van der Waals surface area contributed by atoms with Gasteiger partial charge in [-0.05, 0) is 25.1 Å². The van der Waals surface area contributed by atoms with E-state index in [0.29, 0.717) is 0 Å². The van der Waals surface area contributed by atoms with Crippen LogP contribution in [0, 0.1) is 0 Å². The SMILES string of the molecule is CCNCc1ccn(CC)c1. The molecule has 1 aromatic heterocycles. The van der Waals surface area contributed by atoms with Gasteiger partial charge in [-0.25, -0.2) is 0 Å². The molecule has 0 unspecified atom stereocenters. The lowest BCUT2D eigenvalue weighted by Crippen LogP contribution is -2.10. The molecule has 0 aliphatic heterocycles. The van der Waals surface area contributed by atoms with Crippen molar-refractivity contribution in [3.63, 3.8) is 0 Å². The van der Waals surface area contributed by atoms with E-state index in [1.54, 1.807) is 0 Å². The van der Waals surface area contributed by atoms with E-state index in [0.717, 1.165) is 19.6 Å². The summed E-state index contributed by atoms with van der Waals surface area (Å²) in [4.78, 5) is 0. The zero-order valence-electron chi connectivity index (χ0n) is 7.30. The Kier molecular flexibility index (Phi) is 3.17. The molecule has 1 N–H and O–H groups in total. The third-order valence-electron chi connectivity index (χ3n) is 1.76. The van der Waals surface area contributed by atoms with Gasteiger partial charge in [0.15, 0.2) is 0 Å². The van der Waals surface area contributed by atoms with Gasteiger partial charge < -0.3 is 9.88 Å². The van der Waals surface area contributed by atoms with Gasteiger partial charge in [0.2, 0.25) is 0 Å². The molecule has 0 bridgehead atoms. The van der Waals surface area contributed by atoms with Gasteiger partial charge in [-0.3, -0.25) is 0 Å². The maximum atomic E-state index is 3.29. The molecule has 0 atom stereocenters. The molecule has 0 aliphatic rings. The molecule has 1 heterocycles. The Hall–Kier alpha value is -0.760. The number of nitrogens with zero attached hydrogens (tertiary/aromatic N) is 1. The van der Waals surface area contributed by atoms with Crippen LogP contribution in [0.5, 0.6) is 0 Å². The summed E-state index contributed by atoms with van der Waals surface area (Å²) in [5.74, 6) is 0. The minimum atomic E-state index is 0.990. The van der Waals surface area contributed by atoms with Crippen LogP contribution in [0.3, 0.4) is 0 Å². The summed E-state index contributed by atoms with van der Waals surface area (Å²) < 4.78 is 2.19. The van der Waals surface area contributed by atoms with Crippen LogP contribution >= 0.6 is 0 Å². The van der Waals surface area contributed by atoms with Crippen molar-refractivity contribution in [3.8, 4) is 0 Å². The predicted molar refractivity (Wildman–Crippen MR) is 47.5 cm³/mol. The Morgan fingerprint density at radius 3 is 2.82 bits per heavy atom. The van der Waals surface area contributed by atoms with Crippen LogP contribution in [0.4, 0.5) is 0 Å². The second kappa shape index (κ2) is 4.19. The lowest BCUT2D eigenvalue weighted by molar-refractivity contribution is 0.717. The van der Waals surface area contributed by atoms with Gasteiger partial charge in [-0.1, -0.05) is 6.92 Å². The Morgan fingerprint density at radius 1 is 1.45 bits per heavy atom. The molecule has 2 heteroatoms. The topological polar surface area (TPSA) is 17.0 Å². The summed E-state index contributed by atoms with van der Waals surface area (Å²) >= 11 is 0. The third-order valence-corrected chi connectivity index (χ3v) is 1.76. The van der Waals surface area contributed by atoms with Crippen molar-refractivity contribution in [1.82, 2.24) is 9.88 Å². The number of hydrogen-bond acceptors (Lipinski definition) is 1. The molecular formula is C9H16N2. The summed E-state index contributed by atoms with van der Waals surface area (Å²) in [5.41, 5.74) is 1.37. The van der Waals surface area contributed by atoms with Crippen LogP contribution in [0.2, 0.25) is 0 Å². The minimum absolute atomic E-state index is 0.990. The van der Waals surface area contributed by atoms with E-state index in [9.17, 15) is 0 Å². The highest BCUT2D eigenvalue weighted by molar-refractivity contribution is 5.09. The molecule has 0 radical (unpaired) electrons. The average Bonchev–Trinajstić information content (AvgIpc) is 2.48. The average molecular weight is 152 g/mol. The Bertz CT molecular complexity index is 203. The molecule has 1 aromatic rings. The van der Waals surface area contributed by atoms with Crippen molar-refractivity contribution in [3.05, 3.63) is 24.0 Å².